The summed E-state index contributed by atoms with van der Waals surface area (Å²) < 4.78 is 0. The maximum Gasteiger partial charge on any atom is 0.225 e. The molecule has 4 rings (SSSR count). The van der Waals surface area contributed by atoms with Gasteiger partial charge >= 0.3 is 0 Å². The Hall–Kier alpha value is -2.18. The first-order valence-electron chi connectivity index (χ1n) is 8.66. The second kappa shape index (κ2) is 5.72. The van der Waals surface area contributed by atoms with Crippen molar-refractivity contribution in [2.75, 3.05) is 31.6 Å². The number of carbonyl (C=O) groups excluding carboxylic acids is 2. The quantitative estimate of drug-likeness (QED) is 0.867. The highest BCUT2D eigenvalue weighted by Gasteiger charge is 2.42. The largest absolute Gasteiger partial charge is 0.359 e. The fourth-order valence-electron chi connectivity index (χ4n) is 3.56. The van der Waals surface area contributed by atoms with Gasteiger partial charge in [-0.3, -0.25) is 9.59 Å². The summed E-state index contributed by atoms with van der Waals surface area (Å²) in [5.74, 6) is 2.31. The van der Waals surface area contributed by atoms with E-state index in [1.54, 1.807) is 7.05 Å². The highest BCUT2D eigenvalue weighted by Crippen LogP contribution is 2.39. The van der Waals surface area contributed by atoms with E-state index in [1.807, 2.05) is 17.9 Å². The Kier molecular flexibility index (Phi) is 3.66. The van der Waals surface area contributed by atoms with Crippen LogP contribution in [-0.2, 0) is 9.59 Å². The van der Waals surface area contributed by atoms with Crippen molar-refractivity contribution in [3.05, 3.63) is 17.6 Å². The predicted molar refractivity (Wildman–Crippen MR) is 88.6 cm³/mol. The molecule has 2 aliphatic heterocycles. The van der Waals surface area contributed by atoms with Gasteiger partial charge in [0.1, 0.15) is 11.6 Å². The smallest absolute Gasteiger partial charge is 0.225 e. The number of aryl methyl sites for hydroxylation is 1. The predicted octanol–water partition coefficient (Wildman–Crippen LogP) is 0.446. The summed E-state index contributed by atoms with van der Waals surface area (Å²) >= 11 is 0. The number of nitrogens with zero attached hydrogens (tertiary/aromatic N) is 4. The number of nitrogens with one attached hydrogen (secondary N) is 1. The molecule has 1 aliphatic carbocycles. The van der Waals surface area contributed by atoms with Crippen molar-refractivity contribution in [1.82, 2.24) is 20.2 Å². The van der Waals surface area contributed by atoms with Gasteiger partial charge in [0, 0.05) is 50.8 Å². The minimum absolute atomic E-state index is 0.0393. The molecule has 1 atom stereocenters. The molecule has 3 fully saturated rings. The molecule has 1 unspecified atom stereocenters. The number of carbonyl (C=O) groups is 2. The fraction of sp³-hybridized carbons (Fsp3) is 0.647. The van der Waals surface area contributed by atoms with Crippen molar-refractivity contribution >= 4 is 17.6 Å². The summed E-state index contributed by atoms with van der Waals surface area (Å²) in [5.41, 5.74) is 1.00. The molecule has 1 N–H and O–H groups in total. The molecule has 1 saturated carbocycles. The second-order valence-corrected chi connectivity index (χ2v) is 7.12. The number of hydrogen-bond donors (Lipinski definition) is 1. The number of amides is 2. The van der Waals surface area contributed by atoms with E-state index >= 15 is 0 Å². The van der Waals surface area contributed by atoms with Gasteiger partial charge in [0.15, 0.2) is 0 Å². The van der Waals surface area contributed by atoms with E-state index in [-0.39, 0.29) is 23.8 Å². The number of hydrogen-bond acceptors (Lipinski definition) is 5. The SMILES string of the molecule is CNC(=O)C1CC(=O)N(C2CN(c3cc(C)nc(C4CC4)n3)C2)C1. The Labute approximate surface area is 141 Å². The Morgan fingerprint density at radius 2 is 2.00 bits per heavy atom. The monoisotopic (exact) mass is 329 g/mol. The van der Waals surface area contributed by atoms with Gasteiger partial charge in [0.25, 0.3) is 0 Å². The van der Waals surface area contributed by atoms with E-state index in [9.17, 15) is 9.59 Å². The van der Waals surface area contributed by atoms with E-state index < -0.39 is 0 Å². The average molecular weight is 329 g/mol. The topological polar surface area (TPSA) is 78.4 Å². The minimum atomic E-state index is -0.209. The van der Waals surface area contributed by atoms with Gasteiger partial charge in [-0.2, -0.15) is 0 Å². The van der Waals surface area contributed by atoms with E-state index in [4.69, 9.17) is 4.98 Å². The lowest BCUT2D eigenvalue weighted by Gasteiger charge is -2.44. The molecule has 1 aromatic rings. The van der Waals surface area contributed by atoms with Crippen LogP contribution in [0.1, 0.15) is 36.7 Å². The van der Waals surface area contributed by atoms with Crippen LogP contribution in [0.3, 0.4) is 0 Å². The average Bonchev–Trinajstić information content (AvgIpc) is 3.29. The van der Waals surface area contributed by atoms with Crippen LogP contribution in [0, 0.1) is 12.8 Å². The molecule has 0 aromatic carbocycles. The van der Waals surface area contributed by atoms with Gasteiger partial charge in [0.05, 0.1) is 12.0 Å². The van der Waals surface area contributed by atoms with Crippen molar-refractivity contribution in [1.29, 1.82) is 0 Å². The van der Waals surface area contributed by atoms with Gasteiger partial charge in [-0.1, -0.05) is 0 Å². The molecule has 1 aromatic heterocycles. The molecule has 3 heterocycles. The van der Waals surface area contributed by atoms with Crippen molar-refractivity contribution in [3.63, 3.8) is 0 Å². The molecule has 0 spiro atoms. The lowest BCUT2D eigenvalue weighted by Crippen LogP contribution is -2.60. The first-order valence-corrected chi connectivity index (χ1v) is 8.66. The molecular formula is C17H23N5O2. The lowest BCUT2D eigenvalue weighted by atomic mass is 10.1. The first kappa shape index (κ1) is 15.4. The molecular weight excluding hydrogens is 306 g/mol. The van der Waals surface area contributed by atoms with E-state index in [2.05, 4.69) is 15.2 Å². The zero-order valence-corrected chi connectivity index (χ0v) is 14.2. The third kappa shape index (κ3) is 2.72. The zero-order valence-electron chi connectivity index (χ0n) is 14.2. The van der Waals surface area contributed by atoms with Crippen LogP contribution < -0.4 is 10.2 Å². The first-order chi connectivity index (χ1) is 11.5. The summed E-state index contributed by atoms with van der Waals surface area (Å²) in [6, 6.07) is 2.20. The van der Waals surface area contributed by atoms with Crippen molar-refractivity contribution in [3.8, 4) is 0 Å². The van der Waals surface area contributed by atoms with Gasteiger partial charge in [-0.25, -0.2) is 9.97 Å². The van der Waals surface area contributed by atoms with Crippen LogP contribution in [0.4, 0.5) is 5.82 Å². The minimum Gasteiger partial charge on any atom is -0.359 e. The summed E-state index contributed by atoms with van der Waals surface area (Å²) in [4.78, 5) is 37.2. The van der Waals surface area contributed by atoms with Crippen LogP contribution in [0.2, 0.25) is 0 Å². The molecule has 3 aliphatic rings. The Bertz CT molecular complexity index is 682. The molecule has 0 radical (unpaired) electrons. The summed E-state index contributed by atoms with van der Waals surface area (Å²) in [6.45, 7) is 4.11. The normalized spacial score (nSPS) is 24.2. The third-order valence-corrected chi connectivity index (χ3v) is 5.20. The van der Waals surface area contributed by atoms with Crippen molar-refractivity contribution in [2.24, 2.45) is 5.92 Å². The Morgan fingerprint density at radius 3 is 2.67 bits per heavy atom. The molecule has 7 nitrogen and oxygen atoms in total. The summed E-state index contributed by atoms with van der Waals surface area (Å²) in [6.07, 6.45) is 2.71. The molecule has 2 amide bonds. The van der Waals surface area contributed by atoms with Crippen LogP contribution in [0.25, 0.3) is 0 Å². The second-order valence-electron chi connectivity index (χ2n) is 7.12. The third-order valence-electron chi connectivity index (χ3n) is 5.20. The van der Waals surface area contributed by atoms with Crippen LogP contribution in [0.5, 0.6) is 0 Å². The molecule has 2 saturated heterocycles. The van der Waals surface area contributed by atoms with E-state index in [1.165, 1.54) is 12.8 Å². The van der Waals surface area contributed by atoms with Crippen LogP contribution in [-0.4, -0.2) is 59.4 Å². The Morgan fingerprint density at radius 1 is 1.25 bits per heavy atom. The zero-order chi connectivity index (χ0) is 16.8. The van der Waals surface area contributed by atoms with Crippen molar-refractivity contribution < 1.29 is 9.59 Å². The number of aromatic nitrogens is 2. The maximum atomic E-state index is 12.2. The standard InChI is InChI=1S/C17H23N5O2/c1-10-5-14(20-16(19-10)11-3-4-11)21-8-13(9-21)22-7-12(6-15(22)23)17(24)18-2/h5,11-13H,3-4,6-9H2,1-2H3,(H,18,24). The van der Waals surface area contributed by atoms with E-state index in [0.29, 0.717) is 18.9 Å². The molecule has 7 heteroatoms. The van der Waals surface area contributed by atoms with Gasteiger partial charge in [-0.15, -0.1) is 0 Å². The lowest BCUT2D eigenvalue weighted by molar-refractivity contribution is -0.130. The van der Waals surface area contributed by atoms with Gasteiger partial charge < -0.3 is 15.1 Å². The molecule has 128 valence electrons. The summed E-state index contributed by atoms with van der Waals surface area (Å²) in [7, 11) is 1.62. The van der Waals surface area contributed by atoms with Crippen molar-refractivity contribution in [2.45, 2.75) is 38.1 Å². The number of likely N-dealkylation sites (tertiary alicyclic amines) is 1. The highest BCUT2D eigenvalue weighted by molar-refractivity contribution is 5.89. The van der Waals surface area contributed by atoms with Gasteiger partial charge in [-0.05, 0) is 19.8 Å². The Balaban J connectivity index is 1.40. The highest BCUT2D eigenvalue weighted by atomic mass is 16.2. The van der Waals surface area contributed by atoms with E-state index in [0.717, 1.165) is 30.4 Å². The van der Waals surface area contributed by atoms with Crippen LogP contribution >= 0.6 is 0 Å². The fourth-order valence-corrected chi connectivity index (χ4v) is 3.56. The van der Waals surface area contributed by atoms with Gasteiger partial charge in [0.2, 0.25) is 11.8 Å². The molecule has 24 heavy (non-hydrogen) atoms. The number of rotatable bonds is 4. The van der Waals surface area contributed by atoms with Crippen LogP contribution in [0.15, 0.2) is 6.07 Å². The summed E-state index contributed by atoms with van der Waals surface area (Å²) in [5, 5.41) is 2.64. The molecule has 0 bridgehead atoms. The maximum absolute atomic E-state index is 12.2. The number of anilines is 1.